The molecule has 0 amide bonds. The van der Waals surface area contributed by atoms with Gasteiger partial charge in [-0.1, -0.05) is 12.8 Å². The minimum atomic E-state index is -3.43. The van der Waals surface area contributed by atoms with Crippen molar-refractivity contribution in [3.05, 3.63) is 14.7 Å². The third-order valence-corrected chi connectivity index (χ3v) is 7.83. The smallest absolute Gasteiger partial charge is 0.244 e. The van der Waals surface area contributed by atoms with E-state index in [0.717, 1.165) is 34.3 Å². The van der Waals surface area contributed by atoms with Crippen LogP contribution < -0.4 is 5.73 Å². The fraction of sp³-hybridized carbons (Fsp3) is 0.692. The van der Waals surface area contributed by atoms with E-state index in [0.29, 0.717) is 11.4 Å². The molecule has 7 heteroatoms. The second kappa shape index (κ2) is 6.44. The number of nitrogens with zero attached hydrogens (tertiary/aromatic N) is 1. The Morgan fingerprint density at radius 2 is 2.10 bits per heavy atom. The fourth-order valence-electron chi connectivity index (χ4n) is 2.96. The van der Waals surface area contributed by atoms with Crippen LogP contribution in [-0.4, -0.2) is 32.4 Å². The summed E-state index contributed by atoms with van der Waals surface area (Å²) in [4.78, 5) is 1.24. The van der Waals surface area contributed by atoms with Crippen LogP contribution in [0.4, 0.5) is 0 Å². The maximum Gasteiger partial charge on any atom is 0.244 e. The normalized spacial score (nSPS) is 24.2. The van der Waals surface area contributed by atoms with Crippen LogP contribution in [0.2, 0.25) is 0 Å². The number of sulfonamides is 1. The number of aryl methyl sites for hydroxylation is 1. The highest BCUT2D eigenvalue weighted by Gasteiger charge is 2.35. The van der Waals surface area contributed by atoms with Gasteiger partial charge in [0.1, 0.15) is 0 Å². The summed E-state index contributed by atoms with van der Waals surface area (Å²) in [6.45, 7) is 2.40. The van der Waals surface area contributed by atoms with Crippen molar-refractivity contribution in [2.75, 3.05) is 13.6 Å². The molecule has 0 bridgehead atoms. The number of hydrogen-bond donors (Lipinski definition) is 1. The van der Waals surface area contributed by atoms with Gasteiger partial charge in [-0.25, -0.2) is 8.42 Å². The second-order valence-corrected chi connectivity index (χ2v) is 9.94. The molecule has 114 valence electrons. The molecule has 1 aromatic heterocycles. The van der Waals surface area contributed by atoms with Crippen LogP contribution in [0.3, 0.4) is 0 Å². The summed E-state index contributed by atoms with van der Waals surface area (Å²) in [5, 5.41) is 0. The van der Waals surface area contributed by atoms with Crippen molar-refractivity contribution in [1.82, 2.24) is 4.31 Å². The lowest BCUT2D eigenvalue weighted by Gasteiger charge is -2.36. The molecule has 0 spiro atoms. The molecule has 0 saturated heterocycles. The number of nitrogens with two attached hydrogens (primary N) is 1. The van der Waals surface area contributed by atoms with E-state index in [1.807, 2.05) is 6.92 Å². The zero-order valence-corrected chi connectivity index (χ0v) is 15.0. The van der Waals surface area contributed by atoms with Gasteiger partial charge in [0.25, 0.3) is 0 Å². The van der Waals surface area contributed by atoms with Gasteiger partial charge in [0, 0.05) is 18.0 Å². The highest BCUT2D eigenvalue weighted by Crippen LogP contribution is 2.35. The van der Waals surface area contributed by atoms with Crippen molar-refractivity contribution in [3.8, 4) is 0 Å². The van der Waals surface area contributed by atoms with Crippen molar-refractivity contribution in [3.63, 3.8) is 0 Å². The van der Waals surface area contributed by atoms with Gasteiger partial charge >= 0.3 is 0 Å². The molecule has 2 unspecified atom stereocenters. The van der Waals surface area contributed by atoms with Gasteiger partial charge in [-0.05, 0) is 54.2 Å². The van der Waals surface area contributed by atoms with Crippen LogP contribution in [0, 0.1) is 12.8 Å². The topological polar surface area (TPSA) is 63.4 Å². The van der Waals surface area contributed by atoms with Crippen molar-refractivity contribution in [1.29, 1.82) is 0 Å². The zero-order valence-electron chi connectivity index (χ0n) is 11.8. The van der Waals surface area contributed by atoms with E-state index < -0.39 is 10.0 Å². The Balaban J connectivity index is 2.31. The Morgan fingerprint density at radius 3 is 2.65 bits per heavy atom. The minimum Gasteiger partial charge on any atom is -0.330 e. The molecule has 1 fully saturated rings. The van der Waals surface area contributed by atoms with Gasteiger partial charge in [0.2, 0.25) is 10.0 Å². The Hall–Kier alpha value is 0.0500. The summed E-state index contributed by atoms with van der Waals surface area (Å²) in [5.74, 6) is 0.269. The van der Waals surface area contributed by atoms with Gasteiger partial charge in [-0.15, -0.1) is 11.3 Å². The highest BCUT2D eigenvalue weighted by atomic mass is 79.9. The summed E-state index contributed by atoms with van der Waals surface area (Å²) in [6, 6.07) is 1.73. The molecule has 0 radical (unpaired) electrons. The van der Waals surface area contributed by atoms with Crippen molar-refractivity contribution >= 4 is 37.3 Å². The molecule has 1 aromatic rings. The molecule has 2 atom stereocenters. The van der Waals surface area contributed by atoms with E-state index in [4.69, 9.17) is 5.73 Å². The van der Waals surface area contributed by atoms with E-state index >= 15 is 0 Å². The van der Waals surface area contributed by atoms with Crippen molar-refractivity contribution in [2.24, 2.45) is 11.7 Å². The predicted molar refractivity (Wildman–Crippen MR) is 86.5 cm³/mol. The molecule has 1 aliphatic carbocycles. The van der Waals surface area contributed by atoms with Crippen LogP contribution in [0.5, 0.6) is 0 Å². The molecule has 1 heterocycles. The average molecular weight is 381 g/mol. The van der Waals surface area contributed by atoms with Crippen LogP contribution in [0.25, 0.3) is 0 Å². The Morgan fingerprint density at radius 1 is 1.45 bits per heavy atom. The molecular formula is C13H21BrN2O2S2. The number of thiophene rings is 1. The number of hydrogen-bond acceptors (Lipinski definition) is 4. The summed E-state index contributed by atoms with van der Waals surface area (Å²) in [5.41, 5.74) is 5.82. The first-order chi connectivity index (χ1) is 9.37. The van der Waals surface area contributed by atoms with E-state index in [1.54, 1.807) is 17.4 Å². The van der Waals surface area contributed by atoms with Gasteiger partial charge in [-0.3, -0.25) is 0 Å². The third-order valence-electron chi connectivity index (χ3n) is 4.14. The first-order valence-corrected chi connectivity index (χ1v) is 9.87. The third kappa shape index (κ3) is 3.11. The van der Waals surface area contributed by atoms with Crippen molar-refractivity contribution in [2.45, 2.75) is 43.5 Å². The Bertz CT molecular complexity index is 571. The Kier molecular flexibility index (Phi) is 5.29. The van der Waals surface area contributed by atoms with Gasteiger partial charge < -0.3 is 5.73 Å². The van der Waals surface area contributed by atoms with Crippen LogP contribution in [-0.2, 0) is 10.0 Å². The van der Waals surface area contributed by atoms with E-state index in [-0.39, 0.29) is 12.0 Å². The fourth-order valence-corrected chi connectivity index (χ4v) is 6.79. The molecule has 2 N–H and O–H groups in total. The molecule has 20 heavy (non-hydrogen) atoms. The number of halogens is 1. The lowest BCUT2D eigenvalue weighted by molar-refractivity contribution is 0.204. The lowest BCUT2D eigenvalue weighted by Crippen LogP contribution is -2.45. The van der Waals surface area contributed by atoms with E-state index in [9.17, 15) is 8.42 Å². The molecular weight excluding hydrogens is 360 g/mol. The van der Waals surface area contributed by atoms with Crippen molar-refractivity contribution < 1.29 is 8.42 Å². The van der Waals surface area contributed by atoms with Crippen LogP contribution in [0.1, 0.15) is 30.6 Å². The molecule has 4 nitrogen and oxygen atoms in total. The van der Waals surface area contributed by atoms with E-state index in [1.165, 1.54) is 11.3 Å². The van der Waals surface area contributed by atoms with Gasteiger partial charge in [0.05, 0.1) is 8.68 Å². The SMILES string of the molecule is Cc1sc(Br)cc1S(=O)(=O)N(C)C1CCCCC1CN. The zero-order chi connectivity index (χ0) is 14.9. The largest absolute Gasteiger partial charge is 0.330 e. The standard InChI is InChI=1S/C13H21BrN2O2S2/c1-9-12(7-13(14)19-9)20(17,18)16(2)11-6-4-3-5-10(11)8-15/h7,10-11H,3-6,8,15H2,1-2H3. The first-order valence-electron chi connectivity index (χ1n) is 6.82. The second-order valence-electron chi connectivity index (χ2n) is 5.34. The van der Waals surface area contributed by atoms with Crippen LogP contribution in [0.15, 0.2) is 14.7 Å². The monoisotopic (exact) mass is 380 g/mol. The first kappa shape index (κ1) is 16.4. The molecule has 0 aromatic carbocycles. The maximum atomic E-state index is 12.8. The quantitative estimate of drug-likeness (QED) is 0.872. The van der Waals surface area contributed by atoms with E-state index in [2.05, 4.69) is 15.9 Å². The van der Waals surface area contributed by atoms with Gasteiger partial charge in [0.15, 0.2) is 0 Å². The lowest BCUT2D eigenvalue weighted by atomic mass is 9.85. The average Bonchev–Trinajstić information content (AvgIpc) is 2.77. The summed E-state index contributed by atoms with van der Waals surface area (Å²) in [6.07, 6.45) is 4.15. The number of rotatable bonds is 4. The predicted octanol–water partition coefficient (Wildman–Crippen LogP) is 2.96. The minimum absolute atomic E-state index is 0.0248. The Labute approximate surface area is 133 Å². The highest BCUT2D eigenvalue weighted by molar-refractivity contribution is 9.11. The van der Waals surface area contributed by atoms with Crippen LogP contribution >= 0.6 is 27.3 Å². The summed E-state index contributed by atoms with van der Waals surface area (Å²) >= 11 is 4.81. The molecule has 2 rings (SSSR count). The maximum absolute atomic E-state index is 12.8. The van der Waals surface area contributed by atoms with Gasteiger partial charge in [-0.2, -0.15) is 4.31 Å². The molecule has 1 saturated carbocycles. The molecule has 0 aliphatic heterocycles. The summed E-state index contributed by atoms with van der Waals surface area (Å²) < 4.78 is 28.0. The molecule has 1 aliphatic rings. The summed E-state index contributed by atoms with van der Waals surface area (Å²) in [7, 11) is -1.74.